The molecule has 1 heterocycles. The number of likely N-dealkylation sites (tertiary alicyclic amines) is 1. The van der Waals surface area contributed by atoms with Crippen LogP contribution in [0.1, 0.15) is 25.3 Å². The second kappa shape index (κ2) is 7.14. The van der Waals surface area contributed by atoms with Gasteiger partial charge in [0.2, 0.25) is 0 Å². The second-order valence-corrected chi connectivity index (χ2v) is 4.87. The molecule has 1 saturated heterocycles. The molecule has 0 aliphatic carbocycles. The number of hydrogen-bond donors (Lipinski definition) is 1. The zero-order valence-corrected chi connectivity index (χ0v) is 11.5. The van der Waals surface area contributed by atoms with Crippen LogP contribution in [0.4, 0.5) is 4.79 Å². The first-order valence-corrected chi connectivity index (χ1v) is 6.98. The van der Waals surface area contributed by atoms with Gasteiger partial charge in [0, 0.05) is 12.6 Å². The standard InChI is InChI=1S/C15H22N2O2/c1-2-17-10-6-9-14(17)11-16-15(18)19-12-13-7-4-3-5-8-13/h3-5,7-8,14H,2,6,9-12H2,1H3,(H,16,18)/t14-/m0/s1. The number of benzene rings is 1. The summed E-state index contributed by atoms with van der Waals surface area (Å²) >= 11 is 0. The van der Waals surface area contributed by atoms with Crippen LogP contribution in [-0.4, -0.2) is 36.7 Å². The molecular formula is C15H22N2O2. The van der Waals surface area contributed by atoms with Crippen molar-refractivity contribution in [3.63, 3.8) is 0 Å². The molecule has 1 N–H and O–H groups in total. The number of alkyl carbamates (subject to hydrolysis) is 1. The smallest absolute Gasteiger partial charge is 0.407 e. The number of likely N-dealkylation sites (N-methyl/N-ethyl adjacent to an activating group) is 1. The van der Waals surface area contributed by atoms with Gasteiger partial charge in [-0.15, -0.1) is 0 Å². The Kier molecular flexibility index (Phi) is 5.21. The summed E-state index contributed by atoms with van der Waals surface area (Å²) in [5, 5.41) is 2.86. The van der Waals surface area contributed by atoms with Gasteiger partial charge >= 0.3 is 6.09 Å². The van der Waals surface area contributed by atoms with Crippen molar-refractivity contribution in [2.24, 2.45) is 0 Å². The summed E-state index contributed by atoms with van der Waals surface area (Å²) in [6.07, 6.45) is 2.05. The minimum absolute atomic E-state index is 0.327. The lowest BCUT2D eigenvalue weighted by Gasteiger charge is -2.22. The van der Waals surface area contributed by atoms with E-state index in [4.69, 9.17) is 4.74 Å². The van der Waals surface area contributed by atoms with Crippen molar-refractivity contribution >= 4 is 6.09 Å². The Morgan fingerprint density at radius 3 is 2.95 bits per heavy atom. The van der Waals surface area contributed by atoms with Crippen molar-refractivity contribution in [2.75, 3.05) is 19.6 Å². The molecule has 4 nitrogen and oxygen atoms in total. The molecule has 0 aromatic heterocycles. The molecule has 0 saturated carbocycles. The average molecular weight is 262 g/mol. The fourth-order valence-corrected chi connectivity index (χ4v) is 2.52. The van der Waals surface area contributed by atoms with Crippen LogP contribution in [0.2, 0.25) is 0 Å². The monoisotopic (exact) mass is 262 g/mol. The highest BCUT2D eigenvalue weighted by molar-refractivity contribution is 5.67. The van der Waals surface area contributed by atoms with Gasteiger partial charge in [0.05, 0.1) is 0 Å². The van der Waals surface area contributed by atoms with E-state index in [1.54, 1.807) is 0 Å². The van der Waals surface area contributed by atoms with Gasteiger partial charge in [-0.3, -0.25) is 4.90 Å². The van der Waals surface area contributed by atoms with Gasteiger partial charge < -0.3 is 10.1 Å². The fraction of sp³-hybridized carbons (Fsp3) is 0.533. The van der Waals surface area contributed by atoms with Gasteiger partial charge in [-0.1, -0.05) is 37.3 Å². The highest BCUT2D eigenvalue weighted by atomic mass is 16.5. The summed E-state index contributed by atoms with van der Waals surface area (Å²) in [6, 6.07) is 10.2. The van der Waals surface area contributed by atoms with E-state index in [1.807, 2.05) is 30.3 Å². The largest absolute Gasteiger partial charge is 0.445 e. The first-order valence-electron chi connectivity index (χ1n) is 6.98. The highest BCUT2D eigenvalue weighted by Crippen LogP contribution is 2.15. The molecule has 1 aliphatic heterocycles. The molecule has 1 amide bonds. The Labute approximate surface area is 114 Å². The van der Waals surface area contributed by atoms with Gasteiger partial charge in [-0.2, -0.15) is 0 Å². The van der Waals surface area contributed by atoms with Crippen LogP contribution in [-0.2, 0) is 11.3 Å². The molecule has 1 aromatic rings. The molecule has 19 heavy (non-hydrogen) atoms. The molecule has 0 unspecified atom stereocenters. The maximum absolute atomic E-state index is 11.6. The Bertz CT molecular complexity index is 394. The molecule has 1 aliphatic rings. The first kappa shape index (κ1) is 13.9. The quantitative estimate of drug-likeness (QED) is 0.886. The zero-order valence-electron chi connectivity index (χ0n) is 11.5. The third-order valence-electron chi connectivity index (χ3n) is 3.60. The molecule has 0 spiro atoms. The van der Waals surface area contributed by atoms with Crippen LogP contribution >= 0.6 is 0 Å². The number of carbonyl (C=O) groups is 1. The minimum atomic E-state index is -0.327. The van der Waals surface area contributed by atoms with E-state index in [0.717, 1.165) is 25.1 Å². The normalized spacial score (nSPS) is 19.3. The predicted octanol–water partition coefficient (Wildman–Crippen LogP) is 2.40. The van der Waals surface area contributed by atoms with Crippen molar-refractivity contribution in [3.8, 4) is 0 Å². The third kappa shape index (κ3) is 4.24. The summed E-state index contributed by atoms with van der Waals surface area (Å²) in [6.45, 7) is 5.36. The lowest BCUT2D eigenvalue weighted by Crippen LogP contribution is -2.40. The second-order valence-electron chi connectivity index (χ2n) is 4.87. The fourth-order valence-electron chi connectivity index (χ4n) is 2.52. The van der Waals surface area contributed by atoms with Gasteiger partial charge in [0.25, 0.3) is 0 Å². The van der Waals surface area contributed by atoms with Crippen molar-refractivity contribution < 1.29 is 9.53 Å². The van der Waals surface area contributed by atoms with Gasteiger partial charge in [-0.25, -0.2) is 4.79 Å². The van der Waals surface area contributed by atoms with Gasteiger partial charge in [0.1, 0.15) is 6.61 Å². The van der Waals surface area contributed by atoms with E-state index < -0.39 is 0 Å². The topological polar surface area (TPSA) is 41.6 Å². The Hall–Kier alpha value is -1.55. The van der Waals surface area contributed by atoms with Crippen LogP contribution in [0.25, 0.3) is 0 Å². The molecule has 0 bridgehead atoms. The van der Waals surface area contributed by atoms with Crippen molar-refractivity contribution in [2.45, 2.75) is 32.4 Å². The lowest BCUT2D eigenvalue weighted by atomic mass is 10.2. The Morgan fingerprint density at radius 2 is 2.21 bits per heavy atom. The van der Waals surface area contributed by atoms with Crippen molar-refractivity contribution in [1.29, 1.82) is 0 Å². The molecule has 0 radical (unpaired) electrons. The summed E-state index contributed by atoms with van der Waals surface area (Å²) < 4.78 is 5.19. The van der Waals surface area contributed by atoms with E-state index >= 15 is 0 Å². The van der Waals surface area contributed by atoms with E-state index in [1.165, 1.54) is 6.42 Å². The highest BCUT2D eigenvalue weighted by Gasteiger charge is 2.23. The summed E-state index contributed by atoms with van der Waals surface area (Å²) in [5.41, 5.74) is 1.01. The molecule has 104 valence electrons. The molecule has 1 aromatic carbocycles. The SMILES string of the molecule is CCN1CCC[C@H]1CNC(=O)OCc1ccccc1. The van der Waals surface area contributed by atoms with Gasteiger partial charge in [-0.05, 0) is 31.5 Å². The summed E-state index contributed by atoms with van der Waals surface area (Å²) in [5.74, 6) is 0. The summed E-state index contributed by atoms with van der Waals surface area (Å²) in [4.78, 5) is 14.0. The zero-order chi connectivity index (χ0) is 13.5. The number of rotatable bonds is 5. The Morgan fingerprint density at radius 1 is 1.42 bits per heavy atom. The summed E-state index contributed by atoms with van der Waals surface area (Å²) in [7, 11) is 0. The lowest BCUT2D eigenvalue weighted by molar-refractivity contribution is 0.136. The van der Waals surface area contributed by atoms with Crippen LogP contribution in [0.5, 0.6) is 0 Å². The van der Waals surface area contributed by atoms with Gasteiger partial charge in [0.15, 0.2) is 0 Å². The van der Waals surface area contributed by atoms with Crippen molar-refractivity contribution in [1.82, 2.24) is 10.2 Å². The molecular weight excluding hydrogens is 240 g/mol. The number of carbonyl (C=O) groups excluding carboxylic acids is 1. The minimum Gasteiger partial charge on any atom is -0.445 e. The maximum atomic E-state index is 11.6. The first-order chi connectivity index (χ1) is 9.29. The van der Waals surface area contributed by atoms with Crippen LogP contribution in [0.3, 0.4) is 0 Å². The molecule has 2 rings (SSSR count). The molecule has 1 fully saturated rings. The molecule has 1 atom stereocenters. The number of amides is 1. The number of hydrogen-bond acceptors (Lipinski definition) is 3. The predicted molar refractivity (Wildman–Crippen MR) is 74.9 cm³/mol. The Balaban J connectivity index is 1.67. The number of ether oxygens (including phenoxy) is 1. The number of nitrogens with zero attached hydrogens (tertiary/aromatic N) is 1. The van der Waals surface area contributed by atoms with Crippen LogP contribution in [0.15, 0.2) is 30.3 Å². The average Bonchev–Trinajstić information content (AvgIpc) is 2.91. The number of nitrogens with one attached hydrogen (secondary N) is 1. The third-order valence-corrected chi connectivity index (χ3v) is 3.60. The van der Waals surface area contributed by atoms with Crippen molar-refractivity contribution in [3.05, 3.63) is 35.9 Å². The van der Waals surface area contributed by atoms with E-state index in [2.05, 4.69) is 17.1 Å². The van der Waals surface area contributed by atoms with E-state index in [9.17, 15) is 4.79 Å². The molecule has 4 heteroatoms. The maximum Gasteiger partial charge on any atom is 0.407 e. The van der Waals surface area contributed by atoms with Crippen LogP contribution in [0, 0.1) is 0 Å². The van der Waals surface area contributed by atoms with E-state index in [-0.39, 0.29) is 6.09 Å². The van der Waals surface area contributed by atoms with Crippen LogP contribution < -0.4 is 5.32 Å². The van der Waals surface area contributed by atoms with E-state index in [0.29, 0.717) is 19.2 Å².